The first-order valence-corrected chi connectivity index (χ1v) is 9.12. The van der Waals surface area contributed by atoms with Crippen molar-refractivity contribution in [3.63, 3.8) is 0 Å². The van der Waals surface area contributed by atoms with Crippen molar-refractivity contribution in [2.75, 3.05) is 30.4 Å². The lowest BCUT2D eigenvalue weighted by Crippen LogP contribution is -2.36. The van der Waals surface area contributed by atoms with E-state index >= 15 is 0 Å². The Bertz CT molecular complexity index is 822. The quantitative estimate of drug-likeness (QED) is 0.913. The van der Waals surface area contributed by atoms with Crippen LogP contribution in [0.2, 0.25) is 0 Å². The van der Waals surface area contributed by atoms with Gasteiger partial charge in [0.25, 0.3) is 5.91 Å². The molecule has 1 amide bonds. The summed E-state index contributed by atoms with van der Waals surface area (Å²) in [6.07, 6.45) is 8.57. The van der Waals surface area contributed by atoms with Crippen molar-refractivity contribution >= 4 is 17.4 Å². The number of carbonyl (C=O) groups is 1. The van der Waals surface area contributed by atoms with Gasteiger partial charge in [0.05, 0.1) is 12.7 Å². The van der Waals surface area contributed by atoms with Crippen molar-refractivity contribution < 1.29 is 9.53 Å². The maximum absolute atomic E-state index is 12.9. The second-order valence-corrected chi connectivity index (χ2v) is 7.41. The lowest BCUT2D eigenvalue weighted by atomic mass is 9.93. The third-order valence-corrected chi connectivity index (χ3v) is 5.53. The Hall–Kier alpha value is -2.63. The van der Waals surface area contributed by atoms with Gasteiger partial charge in [0.2, 0.25) is 5.88 Å². The van der Waals surface area contributed by atoms with Crippen molar-refractivity contribution in [2.24, 2.45) is 5.41 Å². The summed E-state index contributed by atoms with van der Waals surface area (Å²) >= 11 is 0. The van der Waals surface area contributed by atoms with Crippen molar-refractivity contribution in [1.29, 1.82) is 0 Å². The van der Waals surface area contributed by atoms with Crippen LogP contribution in [0.5, 0.6) is 5.88 Å². The number of ether oxygens (including phenoxy) is 1. The fourth-order valence-corrected chi connectivity index (χ4v) is 3.65. The fourth-order valence-electron chi connectivity index (χ4n) is 3.65. The fraction of sp³-hybridized carbons (Fsp3) is 0.450. The Kier molecular flexibility index (Phi) is 4.26. The van der Waals surface area contributed by atoms with Gasteiger partial charge in [-0.05, 0) is 55.7 Å². The summed E-state index contributed by atoms with van der Waals surface area (Å²) in [5.74, 6) is 1.09. The molecule has 1 aliphatic carbocycles. The number of nitrogens with one attached hydrogen (secondary N) is 1. The van der Waals surface area contributed by atoms with Crippen LogP contribution in [0.25, 0.3) is 0 Å². The van der Waals surface area contributed by atoms with Crippen LogP contribution in [0, 0.1) is 12.3 Å². The van der Waals surface area contributed by atoms with Crippen LogP contribution in [0.3, 0.4) is 0 Å². The zero-order chi connectivity index (χ0) is 18.1. The summed E-state index contributed by atoms with van der Waals surface area (Å²) in [5, 5.41) is 2.94. The lowest BCUT2D eigenvalue weighted by Gasteiger charge is -2.34. The van der Waals surface area contributed by atoms with E-state index in [1.807, 2.05) is 19.2 Å². The first kappa shape index (κ1) is 16.8. The van der Waals surface area contributed by atoms with Gasteiger partial charge in [-0.2, -0.15) is 0 Å². The molecule has 2 aromatic rings. The van der Waals surface area contributed by atoms with E-state index in [0.717, 1.165) is 24.5 Å². The van der Waals surface area contributed by atoms with Gasteiger partial charge in [0.1, 0.15) is 5.82 Å². The molecule has 136 valence electrons. The molecule has 1 saturated heterocycles. The Labute approximate surface area is 153 Å². The number of carbonyl (C=O) groups excluding carboxylic acids is 1. The number of piperidine rings is 1. The van der Waals surface area contributed by atoms with Crippen LogP contribution >= 0.6 is 0 Å². The molecule has 1 N–H and O–H groups in total. The van der Waals surface area contributed by atoms with Crippen LogP contribution < -0.4 is 15.0 Å². The van der Waals surface area contributed by atoms with E-state index in [1.54, 1.807) is 25.4 Å². The van der Waals surface area contributed by atoms with Crippen LogP contribution in [0.15, 0.2) is 30.6 Å². The van der Waals surface area contributed by atoms with E-state index in [1.165, 1.54) is 25.7 Å². The average Bonchev–Trinajstić information content (AvgIpc) is 3.41. The molecule has 2 fully saturated rings. The highest BCUT2D eigenvalue weighted by molar-refractivity contribution is 6.07. The standard InChI is InChI=1S/C20H24N4O2/c1-14-11-16(19(25)23-15-3-8-21-17(12-15)26-2)18(22-13-14)24-9-6-20(4-5-20)7-10-24/h3,8,11-13H,4-7,9-10H2,1-2H3,(H,21,23,25). The zero-order valence-corrected chi connectivity index (χ0v) is 15.3. The van der Waals surface area contributed by atoms with Gasteiger partial charge in [0, 0.05) is 37.2 Å². The third-order valence-electron chi connectivity index (χ3n) is 5.53. The molecule has 1 spiro atoms. The highest BCUT2D eigenvalue weighted by Crippen LogP contribution is 2.53. The summed E-state index contributed by atoms with van der Waals surface area (Å²) in [7, 11) is 1.56. The van der Waals surface area contributed by atoms with E-state index in [0.29, 0.717) is 22.5 Å². The molecule has 2 aromatic heterocycles. The normalized spacial score (nSPS) is 17.8. The number of rotatable bonds is 4. The van der Waals surface area contributed by atoms with E-state index in [4.69, 9.17) is 4.74 Å². The molecule has 0 bridgehead atoms. The van der Waals surface area contributed by atoms with Crippen molar-refractivity contribution in [2.45, 2.75) is 32.6 Å². The summed E-state index contributed by atoms with van der Waals surface area (Å²) in [6, 6.07) is 5.37. The number of pyridine rings is 2. The minimum absolute atomic E-state index is 0.156. The van der Waals surface area contributed by atoms with Crippen molar-refractivity contribution in [3.05, 3.63) is 41.7 Å². The SMILES string of the molecule is COc1cc(NC(=O)c2cc(C)cnc2N2CCC3(CC2)CC3)ccn1. The largest absolute Gasteiger partial charge is 0.481 e. The third kappa shape index (κ3) is 3.36. The van der Waals surface area contributed by atoms with Gasteiger partial charge in [0.15, 0.2) is 0 Å². The molecule has 2 aliphatic rings. The molecule has 6 heteroatoms. The van der Waals surface area contributed by atoms with Crippen molar-refractivity contribution in [1.82, 2.24) is 9.97 Å². The van der Waals surface area contributed by atoms with Crippen LogP contribution in [-0.4, -0.2) is 36.1 Å². The van der Waals surface area contributed by atoms with Gasteiger partial charge in [-0.3, -0.25) is 4.79 Å². The predicted octanol–water partition coefficient (Wildman–Crippen LogP) is 3.43. The van der Waals surface area contributed by atoms with Gasteiger partial charge >= 0.3 is 0 Å². The first-order chi connectivity index (χ1) is 12.6. The summed E-state index contributed by atoms with van der Waals surface area (Å²) in [6.45, 7) is 3.90. The number of methoxy groups -OCH3 is 1. The lowest BCUT2D eigenvalue weighted by molar-refractivity contribution is 0.102. The number of aromatic nitrogens is 2. The maximum Gasteiger partial charge on any atom is 0.259 e. The van der Waals surface area contributed by atoms with Crippen molar-refractivity contribution in [3.8, 4) is 5.88 Å². The summed E-state index contributed by atoms with van der Waals surface area (Å²) < 4.78 is 5.12. The predicted molar refractivity (Wildman–Crippen MR) is 101 cm³/mol. The molecule has 4 rings (SSSR count). The van der Waals surface area contributed by atoms with Crippen LogP contribution in [-0.2, 0) is 0 Å². The molecule has 0 aromatic carbocycles. The number of aryl methyl sites for hydroxylation is 1. The molecule has 1 aliphatic heterocycles. The van der Waals surface area contributed by atoms with Gasteiger partial charge in [-0.25, -0.2) is 9.97 Å². The minimum Gasteiger partial charge on any atom is -0.481 e. The minimum atomic E-state index is -0.156. The Morgan fingerprint density at radius 2 is 1.96 bits per heavy atom. The van der Waals surface area contributed by atoms with Crippen LogP contribution in [0.4, 0.5) is 11.5 Å². The van der Waals surface area contributed by atoms with Crippen LogP contribution in [0.1, 0.15) is 41.6 Å². The van der Waals surface area contributed by atoms with Gasteiger partial charge < -0.3 is 15.0 Å². The molecule has 3 heterocycles. The molecule has 6 nitrogen and oxygen atoms in total. The van der Waals surface area contributed by atoms with E-state index in [-0.39, 0.29) is 5.91 Å². The second-order valence-electron chi connectivity index (χ2n) is 7.41. The molecule has 26 heavy (non-hydrogen) atoms. The molecule has 1 saturated carbocycles. The number of anilines is 2. The van der Waals surface area contributed by atoms with E-state index < -0.39 is 0 Å². The number of nitrogens with zero attached hydrogens (tertiary/aromatic N) is 3. The maximum atomic E-state index is 12.9. The highest BCUT2D eigenvalue weighted by Gasteiger charge is 2.44. The van der Waals surface area contributed by atoms with Gasteiger partial charge in [-0.15, -0.1) is 0 Å². The Balaban J connectivity index is 1.56. The molecular formula is C20H24N4O2. The molecule has 0 unspecified atom stereocenters. The number of hydrogen-bond donors (Lipinski definition) is 1. The molecular weight excluding hydrogens is 328 g/mol. The topological polar surface area (TPSA) is 67.3 Å². The smallest absolute Gasteiger partial charge is 0.259 e. The second kappa shape index (κ2) is 6.59. The molecule has 0 atom stereocenters. The monoisotopic (exact) mass is 352 g/mol. The summed E-state index contributed by atoms with van der Waals surface area (Å²) in [5.41, 5.74) is 2.84. The molecule has 0 radical (unpaired) electrons. The number of hydrogen-bond acceptors (Lipinski definition) is 5. The Morgan fingerprint density at radius 1 is 1.19 bits per heavy atom. The number of amides is 1. The summed E-state index contributed by atoms with van der Waals surface area (Å²) in [4.78, 5) is 23.8. The highest BCUT2D eigenvalue weighted by atomic mass is 16.5. The average molecular weight is 352 g/mol. The van der Waals surface area contributed by atoms with E-state index in [9.17, 15) is 4.79 Å². The van der Waals surface area contributed by atoms with E-state index in [2.05, 4.69) is 20.2 Å². The Morgan fingerprint density at radius 3 is 2.65 bits per heavy atom. The first-order valence-electron chi connectivity index (χ1n) is 9.12. The zero-order valence-electron chi connectivity index (χ0n) is 15.3. The van der Waals surface area contributed by atoms with Gasteiger partial charge in [-0.1, -0.05) is 0 Å².